The van der Waals surface area contributed by atoms with Crippen molar-refractivity contribution in [1.82, 2.24) is 10.3 Å². The summed E-state index contributed by atoms with van der Waals surface area (Å²) in [6.07, 6.45) is 2.54. The molecular weight excluding hydrogens is 268 g/mol. The smallest absolute Gasteiger partial charge is 0.123 e. The third kappa shape index (κ3) is 3.02. The third-order valence-corrected chi connectivity index (χ3v) is 4.60. The van der Waals surface area contributed by atoms with Gasteiger partial charge in [-0.1, -0.05) is 13.8 Å². The summed E-state index contributed by atoms with van der Waals surface area (Å²) in [7, 11) is 0. The maximum absolute atomic E-state index is 9.38. The minimum atomic E-state index is 0.300. The van der Waals surface area contributed by atoms with E-state index in [0.717, 1.165) is 17.1 Å². The number of aromatic hydroxyl groups is 1. The minimum Gasteiger partial charge on any atom is -0.508 e. The minimum absolute atomic E-state index is 0.300. The Bertz CT molecular complexity index is 585. The van der Waals surface area contributed by atoms with Gasteiger partial charge >= 0.3 is 0 Å². The standard InChI is InChI=1S/C16H20N2OS/c1-10(2)17-9-14-15(11-3-4-11)18-16(20-14)12-5-7-13(19)8-6-12/h5-8,10-11,17,19H,3-4,9H2,1-2H3. The van der Waals surface area contributed by atoms with Crippen LogP contribution in [0.15, 0.2) is 24.3 Å². The van der Waals surface area contributed by atoms with Gasteiger partial charge in [0.15, 0.2) is 0 Å². The number of phenolic OH excluding ortho intramolecular Hbond substituents is 1. The second-order valence-electron chi connectivity index (χ2n) is 5.68. The van der Waals surface area contributed by atoms with Crippen LogP contribution >= 0.6 is 11.3 Å². The summed E-state index contributed by atoms with van der Waals surface area (Å²) >= 11 is 1.77. The SMILES string of the molecule is CC(C)NCc1sc(-c2ccc(O)cc2)nc1C1CC1. The number of phenols is 1. The molecule has 0 saturated heterocycles. The molecule has 3 nitrogen and oxygen atoms in total. The molecule has 3 rings (SSSR count). The van der Waals surface area contributed by atoms with E-state index in [1.54, 1.807) is 23.5 Å². The first-order valence-electron chi connectivity index (χ1n) is 7.16. The van der Waals surface area contributed by atoms with E-state index in [-0.39, 0.29) is 0 Å². The van der Waals surface area contributed by atoms with Gasteiger partial charge in [-0.2, -0.15) is 0 Å². The fourth-order valence-electron chi connectivity index (χ4n) is 2.19. The van der Waals surface area contributed by atoms with Crippen molar-refractivity contribution in [3.05, 3.63) is 34.8 Å². The van der Waals surface area contributed by atoms with Gasteiger partial charge in [-0.05, 0) is 37.1 Å². The molecular formula is C16H20N2OS. The van der Waals surface area contributed by atoms with Gasteiger partial charge in [-0.15, -0.1) is 11.3 Å². The molecule has 1 saturated carbocycles. The molecule has 0 aliphatic heterocycles. The summed E-state index contributed by atoms with van der Waals surface area (Å²) < 4.78 is 0. The fraction of sp³-hybridized carbons (Fsp3) is 0.438. The Morgan fingerprint density at radius 2 is 2.00 bits per heavy atom. The number of aromatic nitrogens is 1. The Hall–Kier alpha value is -1.39. The Morgan fingerprint density at radius 1 is 1.30 bits per heavy atom. The number of hydrogen-bond acceptors (Lipinski definition) is 4. The summed E-state index contributed by atoms with van der Waals surface area (Å²) in [4.78, 5) is 6.21. The lowest BCUT2D eigenvalue weighted by Gasteiger charge is -2.07. The molecule has 0 atom stereocenters. The number of nitrogens with zero attached hydrogens (tertiary/aromatic N) is 1. The van der Waals surface area contributed by atoms with Crippen molar-refractivity contribution in [2.24, 2.45) is 0 Å². The Kier molecular flexibility index (Phi) is 3.76. The van der Waals surface area contributed by atoms with E-state index in [2.05, 4.69) is 19.2 Å². The van der Waals surface area contributed by atoms with Crippen LogP contribution in [0.25, 0.3) is 10.6 Å². The highest BCUT2D eigenvalue weighted by Gasteiger charge is 2.29. The third-order valence-electron chi connectivity index (χ3n) is 3.48. The molecule has 1 heterocycles. The van der Waals surface area contributed by atoms with Gasteiger partial charge in [-0.25, -0.2) is 4.98 Å². The van der Waals surface area contributed by atoms with Gasteiger partial charge in [0.2, 0.25) is 0 Å². The molecule has 1 aromatic carbocycles. The van der Waals surface area contributed by atoms with E-state index in [1.807, 2.05) is 12.1 Å². The summed E-state index contributed by atoms with van der Waals surface area (Å²) in [5.41, 5.74) is 2.37. The van der Waals surface area contributed by atoms with Gasteiger partial charge in [0.1, 0.15) is 10.8 Å². The number of benzene rings is 1. The zero-order valence-electron chi connectivity index (χ0n) is 11.9. The highest BCUT2D eigenvalue weighted by molar-refractivity contribution is 7.15. The monoisotopic (exact) mass is 288 g/mol. The van der Waals surface area contributed by atoms with Crippen molar-refractivity contribution in [1.29, 1.82) is 0 Å². The van der Waals surface area contributed by atoms with Crippen LogP contribution in [0.2, 0.25) is 0 Å². The maximum atomic E-state index is 9.38. The lowest BCUT2D eigenvalue weighted by Crippen LogP contribution is -2.21. The molecule has 106 valence electrons. The van der Waals surface area contributed by atoms with Gasteiger partial charge in [-0.3, -0.25) is 0 Å². The number of rotatable bonds is 5. The Morgan fingerprint density at radius 3 is 2.60 bits per heavy atom. The molecule has 1 aliphatic carbocycles. The number of hydrogen-bond donors (Lipinski definition) is 2. The molecule has 2 N–H and O–H groups in total. The van der Waals surface area contributed by atoms with Crippen LogP contribution in [0.3, 0.4) is 0 Å². The van der Waals surface area contributed by atoms with E-state index in [9.17, 15) is 5.11 Å². The summed E-state index contributed by atoms with van der Waals surface area (Å²) in [5, 5.41) is 13.9. The maximum Gasteiger partial charge on any atom is 0.123 e. The van der Waals surface area contributed by atoms with Crippen LogP contribution in [-0.2, 0) is 6.54 Å². The average Bonchev–Trinajstić information content (AvgIpc) is 3.18. The lowest BCUT2D eigenvalue weighted by atomic mass is 10.2. The zero-order chi connectivity index (χ0) is 14.1. The number of nitrogens with one attached hydrogen (secondary N) is 1. The van der Waals surface area contributed by atoms with Crippen molar-refractivity contribution in [2.45, 2.75) is 45.2 Å². The lowest BCUT2D eigenvalue weighted by molar-refractivity contribution is 0.475. The predicted octanol–water partition coefficient (Wildman–Crippen LogP) is 3.89. The van der Waals surface area contributed by atoms with E-state index in [4.69, 9.17) is 4.98 Å². The molecule has 2 aromatic rings. The molecule has 0 unspecified atom stereocenters. The summed E-state index contributed by atoms with van der Waals surface area (Å²) in [6, 6.07) is 7.80. The Labute approximate surface area is 123 Å². The van der Waals surface area contributed by atoms with Crippen LogP contribution in [0.4, 0.5) is 0 Å². The zero-order valence-corrected chi connectivity index (χ0v) is 12.7. The molecule has 0 spiro atoms. The molecule has 4 heteroatoms. The summed E-state index contributed by atoms with van der Waals surface area (Å²) in [6.45, 7) is 5.23. The summed E-state index contributed by atoms with van der Waals surface area (Å²) in [5.74, 6) is 0.968. The molecule has 0 amide bonds. The normalized spacial score (nSPS) is 14.9. The van der Waals surface area contributed by atoms with Gasteiger partial charge in [0, 0.05) is 28.9 Å². The fourth-order valence-corrected chi connectivity index (χ4v) is 3.29. The van der Waals surface area contributed by atoms with Crippen LogP contribution < -0.4 is 5.32 Å². The van der Waals surface area contributed by atoms with Crippen molar-refractivity contribution >= 4 is 11.3 Å². The van der Waals surface area contributed by atoms with Crippen LogP contribution in [0, 0.1) is 0 Å². The second-order valence-corrected chi connectivity index (χ2v) is 6.77. The highest BCUT2D eigenvalue weighted by Crippen LogP contribution is 2.44. The van der Waals surface area contributed by atoms with Gasteiger partial charge in [0.25, 0.3) is 0 Å². The van der Waals surface area contributed by atoms with Crippen molar-refractivity contribution < 1.29 is 5.11 Å². The largest absolute Gasteiger partial charge is 0.508 e. The molecule has 20 heavy (non-hydrogen) atoms. The van der Waals surface area contributed by atoms with E-state index in [1.165, 1.54) is 23.4 Å². The van der Waals surface area contributed by atoms with E-state index >= 15 is 0 Å². The first-order valence-corrected chi connectivity index (χ1v) is 7.97. The quantitative estimate of drug-likeness (QED) is 0.877. The second kappa shape index (κ2) is 5.54. The Balaban J connectivity index is 1.88. The van der Waals surface area contributed by atoms with Gasteiger partial charge in [0.05, 0.1) is 5.69 Å². The van der Waals surface area contributed by atoms with Crippen molar-refractivity contribution in [2.75, 3.05) is 0 Å². The van der Waals surface area contributed by atoms with Gasteiger partial charge < -0.3 is 10.4 Å². The molecule has 0 bridgehead atoms. The van der Waals surface area contributed by atoms with E-state index < -0.39 is 0 Å². The first kappa shape index (κ1) is 13.6. The van der Waals surface area contributed by atoms with Crippen molar-refractivity contribution in [3.8, 4) is 16.3 Å². The van der Waals surface area contributed by atoms with Crippen LogP contribution in [0.1, 0.15) is 43.2 Å². The molecule has 1 fully saturated rings. The predicted molar refractivity (Wildman–Crippen MR) is 83.2 cm³/mol. The van der Waals surface area contributed by atoms with Crippen molar-refractivity contribution in [3.63, 3.8) is 0 Å². The first-order chi connectivity index (χ1) is 9.63. The molecule has 1 aliphatic rings. The topological polar surface area (TPSA) is 45.1 Å². The van der Waals surface area contributed by atoms with Crippen LogP contribution in [-0.4, -0.2) is 16.1 Å². The average molecular weight is 288 g/mol. The molecule has 1 aromatic heterocycles. The van der Waals surface area contributed by atoms with E-state index in [0.29, 0.717) is 17.7 Å². The molecule has 0 radical (unpaired) electrons. The van der Waals surface area contributed by atoms with Crippen LogP contribution in [0.5, 0.6) is 5.75 Å². The highest BCUT2D eigenvalue weighted by atomic mass is 32.1. The number of thiazole rings is 1.